The zero-order valence-corrected chi connectivity index (χ0v) is 13.7. The van der Waals surface area contributed by atoms with E-state index in [9.17, 15) is 4.79 Å². The van der Waals surface area contributed by atoms with Crippen molar-refractivity contribution in [1.82, 2.24) is 4.90 Å². The van der Waals surface area contributed by atoms with Crippen molar-refractivity contribution in [2.24, 2.45) is 5.73 Å². The van der Waals surface area contributed by atoms with Crippen LogP contribution >= 0.6 is 0 Å². The van der Waals surface area contributed by atoms with Crippen molar-refractivity contribution in [1.29, 1.82) is 0 Å². The molecular weight excluding hydrogens is 280 g/mol. The first kappa shape index (κ1) is 16.8. The van der Waals surface area contributed by atoms with Crippen molar-refractivity contribution >= 4 is 5.91 Å². The molecule has 1 saturated heterocycles. The molecule has 0 bridgehead atoms. The standard InChI is InChI=1S/C17H26N2O3/c1-17(2)10-14(7-8-22-17)19(3)11-13-5-4-6-15(9-13)21-12-16(18)20/h4-6,9,14H,7-8,10-12H2,1-3H3,(H2,18,20)/t14-/m1/s1. The second-order valence-electron chi connectivity index (χ2n) is 6.57. The van der Waals surface area contributed by atoms with E-state index in [4.69, 9.17) is 15.2 Å². The summed E-state index contributed by atoms with van der Waals surface area (Å²) in [6.07, 6.45) is 2.08. The number of ether oxygens (including phenoxy) is 2. The molecule has 2 rings (SSSR count). The predicted molar refractivity (Wildman–Crippen MR) is 85.7 cm³/mol. The summed E-state index contributed by atoms with van der Waals surface area (Å²) in [4.78, 5) is 13.1. The molecule has 1 aromatic carbocycles. The third-order valence-corrected chi connectivity index (χ3v) is 4.01. The number of nitrogens with two attached hydrogens (primary N) is 1. The summed E-state index contributed by atoms with van der Waals surface area (Å²) in [7, 11) is 2.14. The largest absolute Gasteiger partial charge is 0.484 e. The maximum absolute atomic E-state index is 10.8. The highest BCUT2D eigenvalue weighted by Crippen LogP contribution is 2.27. The van der Waals surface area contributed by atoms with Crippen LogP contribution in [0.2, 0.25) is 0 Å². The average Bonchev–Trinajstić information content (AvgIpc) is 2.44. The molecular formula is C17H26N2O3. The van der Waals surface area contributed by atoms with Crippen LogP contribution in [0.1, 0.15) is 32.3 Å². The van der Waals surface area contributed by atoms with Gasteiger partial charge in [-0.15, -0.1) is 0 Å². The quantitative estimate of drug-likeness (QED) is 0.872. The van der Waals surface area contributed by atoms with Gasteiger partial charge in [-0.2, -0.15) is 0 Å². The summed E-state index contributed by atoms with van der Waals surface area (Å²) < 4.78 is 11.1. The summed E-state index contributed by atoms with van der Waals surface area (Å²) in [6, 6.07) is 8.32. The van der Waals surface area contributed by atoms with Gasteiger partial charge in [0.15, 0.2) is 6.61 Å². The molecule has 5 heteroatoms. The van der Waals surface area contributed by atoms with Crippen LogP contribution in [-0.4, -0.2) is 42.7 Å². The third kappa shape index (κ3) is 5.00. The molecule has 0 saturated carbocycles. The van der Waals surface area contributed by atoms with Gasteiger partial charge in [-0.05, 0) is 51.4 Å². The molecule has 1 aromatic rings. The van der Waals surface area contributed by atoms with Gasteiger partial charge in [0, 0.05) is 19.2 Å². The first-order valence-electron chi connectivity index (χ1n) is 7.70. The Kier molecular flexibility index (Phi) is 5.42. The molecule has 1 aliphatic rings. The van der Waals surface area contributed by atoms with Crippen LogP contribution < -0.4 is 10.5 Å². The number of primary amides is 1. The van der Waals surface area contributed by atoms with Crippen molar-refractivity contribution in [3.8, 4) is 5.75 Å². The van der Waals surface area contributed by atoms with Gasteiger partial charge >= 0.3 is 0 Å². The fraction of sp³-hybridized carbons (Fsp3) is 0.588. The molecule has 0 aliphatic carbocycles. The molecule has 0 radical (unpaired) electrons. The van der Waals surface area contributed by atoms with Crippen LogP contribution in [0.4, 0.5) is 0 Å². The van der Waals surface area contributed by atoms with Crippen LogP contribution in [0.25, 0.3) is 0 Å². The number of nitrogens with zero attached hydrogens (tertiary/aromatic N) is 1. The van der Waals surface area contributed by atoms with Crippen molar-refractivity contribution in [2.75, 3.05) is 20.3 Å². The van der Waals surface area contributed by atoms with E-state index >= 15 is 0 Å². The van der Waals surface area contributed by atoms with Gasteiger partial charge in [0.05, 0.1) is 5.60 Å². The predicted octanol–water partition coefficient (Wildman–Crippen LogP) is 1.94. The van der Waals surface area contributed by atoms with Gasteiger partial charge in [0.2, 0.25) is 0 Å². The van der Waals surface area contributed by atoms with Crippen molar-refractivity contribution in [3.05, 3.63) is 29.8 Å². The Hall–Kier alpha value is -1.59. The number of amides is 1. The zero-order valence-electron chi connectivity index (χ0n) is 13.7. The molecule has 1 aliphatic heterocycles. The molecule has 1 heterocycles. The van der Waals surface area contributed by atoms with Gasteiger partial charge in [-0.3, -0.25) is 9.69 Å². The van der Waals surface area contributed by atoms with Crippen molar-refractivity contribution in [3.63, 3.8) is 0 Å². The summed E-state index contributed by atoms with van der Waals surface area (Å²) in [5.74, 6) is 0.212. The van der Waals surface area contributed by atoms with Crippen LogP contribution in [0.5, 0.6) is 5.75 Å². The van der Waals surface area contributed by atoms with Gasteiger partial charge < -0.3 is 15.2 Å². The highest BCUT2D eigenvalue weighted by molar-refractivity contribution is 5.75. The molecule has 2 N–H and O–H groups in total. The van der Waals surface area contributed by atoms with E-state index in [0.717, 1.165) is 31.6 Å². The van der Waals surface area contributed by atoms with E-state index in [0.29, 0.717) is 11.8 Å². The molecule has 1 amide bonds. The maximum atomic E-state index is 10.8. The van der Waals surface area contributed by atoms with E-state index in [-0.39, 0.29) is 12.2 Å². The Morgan fingerprint density at radius 1 is 1.50 bits per heavy atom. The minimum Gasteiger partial charge on any atom is -0.484 e. The average molecular weight is 306 g/mol. The highest BCUT2D eigenvalue weighted by atomic mass is 16.5. The Labute approximate surface area is 132 Å². The van der Waals surface area contributed by atoms with Crippen LogP contribution in [0, 0.1) is 0 Å². The Morgan fingerprint density at radius 2 is 2.27 bits per heavy atom. The zero-order chi connectivity index (χ0) is 16.2. The minimum atomic E-state index is -0.466. The monoisotopic (exact) mass is 306 g/mol. The molecule has 1 atom stereocenters. The Balaban J connectivity index is 1.94. The Morgan fingerprint density at radius 3 is 2.95 bits per heavy atom. The lowest BCUT2D eigenvalue weighted by molar-refractivity contribution is -0.119. The van der Waals surface area contributed by atoms with E-state index in [1.54, 1.807) is 0 Å². The summed E-state index contributed by atoms with van der Waals surface area (Å²) in [5.41, 5.74) is 6.21. The lowest BCUT2D eigenvalue weighted by atomic mass is 9.93. The highest BCUT2D eigenvalue weighted by Gasteiger charge is 2.30. The van der Waals surface area contributed by atoms with Crippen molar-refractivity contribution < 1.29 is 14.3 Å². The molecule has 0 unspecified atom stereocenters. The molecule has 0 aromatic heterocycles. The molecule has 1 fully saturated rings. The first-order chi connectivity index (χ1) is 10.4. The molecule has 22 heavy (non-hydrogen) atoms. The summed E-state index contributed by atoms with van der Waals surface area (Å²) >= 11 is 0. The van der Waals surface area contributed by atoms with E-state index in [1.165, 1.54) is 0 Å². The lowest BCUT2D eigenvalue weighted by Gasteiger charge is -2.39. The SMILES string of the molecule is CN(Cc1cccc(OCC(N)=O)c1)[C@@H]1CCOC(C)(C)C1. The smallest absolute Gasteiger partial charge is 0.255 e. The van der Waals surface area contributed by atoms with E-state index < -0.39 is 5.91 Å². The number of carbonyl (C=O) groups is 1. The lowest BCUT2D eigenvalue weighted by Crippen LogP contribution is -2.44. The molecule has 122 valence electrons. The first-order valence-corrected chi connectivity index (χ1v) is 7.70. The number of carbonyl (C=O) groups excluding carboxylic acids is 1. The Bertz CT molecular complexity index is 516. The number of benzene rings is 1. The summed E-state index contributed by atoms with van der Waals surface area (Å²) in [6.45, 7) is 5.85. The van der Waals surface area contributed by atoms with Gasteiger partial charge in [-0.1, -0.05) is 12.1 Å². The second-order valence-corrected chi connectivity index (χ2v) is 6.57. The van der Waals surface area contributed by atoms with Crippen LogP contribution in [-0.2, 0) is 16.1 Å². The van der Waals surface area contributed by atoms with Crippen LogP contribution in [0.15, 0.2) is 24.3 Å². The number of hydrogen-bond donors (Lipinski definition) is 1. The van der Waals surface area contributed by atoms with Gasteiger partial charge in [-0.25, -0.2) is 0 Å². The number of hydrogen-bond acceptors (Lipinski definition) is 4. The second kappa shape index (κ2) is 7.11. The van der Waals surface area contributed by atoms with Crippen molar-refractivity contribution in [2.45, 2.75) is 44.9 Å². The third-order valence-electron chi connectivity index (χ3n) is 4.01. The van der Waals surface area contributed by atoms with Gasteiger partial charge in [0.1, 0.15) is 5.75 Å². The van der Waals surface area contributed by atoms with Gasteiger partial charge in [0.25, 0.3) is 5.91 Å². The summed E-state index contributed by atoms with van der Waals surface area (Å²) in [5, 5.41) is 0. The fourth-order valence-electron chi connectivity index (χ4n) is 2.88. The topological polar surface area (TPSA) is 64.8 Å². The van der Waals surface area contributed by atoms with Crippen LogP contribution in [0.3, 0.4) is 0 Å². The number of rotatable bonds is 6. The minimum absolute atomic E-state index is 0.0520. The normalized spacial score (nSPS) is 20.8. The van der Waals surface area contributed by atoms with E-state index in [1.807, 2.05) is 18.2 Å². The maximum Gasteiger partial charge on any atom is 0.255 e. The fourth-order valence-corrected chi connectivity index (χ4v) is 2.88. The van der Waals surface area contributed by atoms with E-state index in [2.05, 4.69) is 31.9 Å². The molecule has 5 nitrogen and oxygen atoms in total. The molecule has 0 spiro atoms.